The Bertz CT molecular complexity index is 406. The van der Waals surface area contributed by atoms with E-state index in [2.05, 4.69) is 10.2 Å². The molecule has 1 aromatic rings. The van der Waals surface area contributed by atoms with E-state index in [0.717, 1.165) is 43.2 Å². The first-order valence-electron chi connectivity index (χ1n) is 7.03. The molecule has 1 aromatic carbocycles. The fourth-order valence-corrected chi connectivity index (χ4v) is 2.81. The number of methoxy groups -OCH3 is 2. The molecule has 1 atom stereocenters. The number of alkyl halides is 1. The van der Waals surface area contributed by atoms with E-state index >= 15 is 0 Å². The summed E-state index contributed by atoms with van der Waals surface area (Å²) in [7, 11) is 3.28. The van der Waals surface area contributed by atoms with E-state index in [1.165, 1.54) is 0 Å². The van der Waals surface area contributed by atoms with Gasteiger partial charge in [-0.05, 0) is 18.6 Å². The van der Waals surface area contributed by atoms with Crippen molar-refractivity contribution < 1.29 is 13.9 Å². The van der Waals surface area contributed by atoms with Gasteiger partial charge < -0.3 is 14.8 Å². The van der Waals surface area contributed by atoms with Crippen molar-refractivity contribution in [1.29, 1.82) is 0 Å². The normalized spacial score (nSPS) is 16.9. The van der Waals surface area contributed by atoms with Crippen molar-refractivity contribution in [2.75, 3.05) is 47.1 Å². The van der Waals surface area contributed by atoms with E-state index in [1.807, 2.05) is 18.2 Å². The molecule has 120 valence electrons. The first-order valence-corrected chi connectivity index (χ1v) is 7.03. The summed E-state index contributed by atoms with van der Waals surface area (Å²) in [6.07, 6.45) is 0.455. The zero-order valence-electron chi connectivity index (χ0n) is 12.6. The first kappa shape index (κ1) is 18.0. The second-order valence-corrected chi connectivity index (χ2v) is 4.86. The number of halogens is 2. The lowest BCUT2D eigenvalue weighted by molar-refractivity contribution is 0.152. The van der Waals surface area contributed by atoms with Crippen LogP contribution in [0.5, 0.6) is 11.5 Å². The van der Waals surface area contributed by atoms with Gasteiger partial charge in [-0.1, -0.05) is 6.07 Å². The van der Waals surface area contributed by atoms with Crippen molar-refractivity contribution >= 4 is 12.4 Å². The monoisotopic (exact) mass is 318 g/mol. The van der Waals surface area contributed by atoms with E-state index in [0.29, 0.717) is 6.42 Å². The van der Waals surface area contributed by atoms with Gasteiger partial charge in [-0.15, -0.1) is 12.4 Å². The van der Waals surface area contributed by atoms with E-state index in [9.17, 15) is 4.39 Å². The van der Waals surface area contributed by atoms with Crippen molar-refractivity contribution in [2.45, 2.75) is 12.5 Å². The standard InChI is InChI=1S/C15H23FN2O2.ClH/c1-19-13-4-3-5-14(20-2)15(13)12(6-7-16)18-10-8-17-9-11-18;/h3-5,12,17H,6-11H2,1-2H3;1H/t12-;/m0./s1. The number of benzene rings is 1. The molecule has 0 saturated carbocycles. The van der Waals surface area contributed by atoms with Crippen molar-refractivity contribution in [1.82, 2.24) is 10.2 Å². The molecule has 1 fully saturated rings. The van der Waals surface area contributed by atoms with Crippen LogP contribution in [0, 0.1) is 0 Å². The third kappa shape index (κ3) is 4.22. The molecular formula is C15H24ClFN2O2. The zero-order valence-corrected chi connectivity index (χ0v) is 13.4. The number of rotatable bonds is 6. The molecule has 1 heterocycles. The molecule has 6 heteroatoms. The van der Waals surface area contributed by atoms with Gasteiger partial charge in [0.15, 0.2) is 0 Å². The zero-order chi connectivity index (χ0) is 14.4. The molecule has 0 aromatic heterocycles. The molecular weight excluding hydrogens is 295 g/mol. The quantitative estimate of drug-likeness (QED) is 0.873. The SMILES string of the molecule is COc1cccc(OC)c1[C@H](CCF)N1CCNCC1.Cl. The molecule has 2 rings (SSSR count). The topological polar surface area (TPSA) is 33.7 Å². The largest absolute Gasteiger partial charge is 0.496 e. The summed E-state index contributed by atoms with van der Waals surface area (Å²) in [6, 6.07) is 5.70. The number of ether oxygens (including phenoxy) is 2. The summed E-state index contributed by atoms with van der Waals surface area (Å²) in [4.78, 5) is 2.30. The van der Waals surface area contributed by atoms with E-state index in [4.69, 9.17) is 9.47 Å². The van der Waals surface area contributed by atoms with Crippen LogP contribution in [0.1, 0.15) is 18.0 Å². The predicted octanol–water partition coefficient (Wildman–Crippen LogP) is 2.43. The highest BCUT2D eigenvalue weighted by Gasteiger charge is 2.27. The van der Waals surface area contributed by atoms with Crippen LogP contribution in [0.3, 0.4) is 0 Å². The van der Waals surface area contributed by atoms with Crippen LogP contribution < -0.4 is 14.8 Å². The van der Waals surface area contributed by atoms with Crippen LogP contribution in [-0.2, 0) is 0 Å². The molecule has 1 aliphatic heterocycles. The van der Waals surface area contributed by atoms with E-state index < -0.39 is 0 Å². The van der Waals surface area contributed by atoms with Gasteiger partial charge >= 0.3 is 0 Å². The summed E-state index contributed by atoms with van der Waals surface area (Å²) in [5.74, 6) is 1.53. The third-order valence-corrected chi connectivity index (χ3v) is 3.77. The Kier molecular flexibility index (Phi) is 7.78. The van der Waals surface area contributed by atoms with Gasteiger partial charge in [-0.25, -0.2) is 0 Å². The van der Waals surface area contributed by atoms with Crippen LogP contribution in [0.25, 0.3) is 0 Å². The molecule has 0 amide bonds. The second-order valence-electron chi connectivity index (χ2n) is 4.86. The Hall–Kier alpha value is -1.04. The average Bonchev–Trinajstić information content (AvgIpc) is 2.52. The molecule has 1 aliphatic rings. The first-order chi connectivity index (χ1) is 9.81. The summed E-state index contributed by atoms with van der Waals surface area (Å²) < 4.78 is 24.0. The minimum Gasteiger partial charge on any atom is -0.496 e. The van der Waals surface area contributed by atoms with Crippen LogP contribution >= 0.6 is 12.4 Å². The smallest absolute Gasteiger partial charge is 0.127 e. The predicted molar refractivity (Wildman–Crippen MR) is 84.6 cm³/mol. The maximum absolute atomic E-state index is 13.0. The Morgan fingerprint density at radius 2 is 1.76 bits per heavy atom. The lowest BCUT2D eigenvalue weighted by Crippen LogP contribution is -2.45. The molecule has 21 heavy (non-hydrogen) atoms. The molecule has 4 nitrogen and oxygen atoms in total. The Labute approximate surface area is 132 Å². The highest BCUT2D eigenvalue weighted by atomic mass is 35.5. The van der Waals surface area contributed by atoms with Crippen LogP contribution in [0.15, 0.2) is 18.2 Å². The van der Waals surface area contributed by atoms with Gasteiger partial charge in [0.05, 0.1) is 26.5 Å². The number of nitrogens with zero attached hydrogens (tertiary/aromatic N) is 1. The molecule has 0 aliphatic carbocycles. The van der Waals surface area contributed by atoms with Gasteiger partial charge in [0, 0.05) is 32.2 Å². The number of nitrogens with one attached hydrogen (secondary N) is 1. The summed E-state index contributed by atoms with van der Waals surface area (Å²) in [6.45, 7) is 3.33. The van der Waals surface area contributed by atoms with Crippen molar-refractivity contribution in [3.8, 4) is 11.5 Å². The Balaban J connectivity index is 0.00000220. The van der Waals surface area contributed by atoms with E-state index in [-0.39, 0.29) is 25.1 Å². The molecule has 0 radical (unpaired) electrons. The molecule has 1 N–H and O–H groups in total. The maximum atomic E-state index is 13.0. The summed E-state index contributed by atoms with van der Waals surface area (Å²) in [5.41, 5.74) is 0.956. The second kappa shape index (κ2) is 9.07. The van der Waals surface area contributed by atoms with Crippen molar-refractivity contribution in [3.63, 3.8) is 0 Å². The highest BCUT2D eigenvalue weighted by Crippen LogP contribution is 2.38. The van der Waals surface area contributed by atoms with Crippen LogP contribution in [-0.4, -0.2) is 52.0 Å². The highest BCUT2D eigenvalue weighted by molar-refractivity contribution is 5.85. The minimum absolute atomic E-state index is 0. The number of hydrogen-bond acceptors (Lipinski definition) is 4. The van der Waals surface area contributed by atoms with Gasteiger partial charge in [-0.3, -0.25) is 9.29 Å². The Morgan fingerprint density at radius 1 is 1.19 bits per heavy atom. The van der Waals surface area contributed by atoms with E-state index in [1.54, 1.807) is 14.2 Å². The number of hydrogen-bond donors (Lipinski definition) is 1. The maximum Gasteiger partial charge on any atom is 0.127 e. The molecule has 0 bridgehead atoms. The number of piperazine rings is 1. The Morgan fingerprint density at radius 3 is 2.24 bits per heavy atom. The van der Waals surface area contributed by atoms with Crippen molar-refractivity contribution in [2.24, 2.45) is 0 Å². The average molecular weight is 319 g/mol. The molecule has 0 spiro atoms. The fraction of sp³-hybridized carbons (Fsp3) is 0.600. The van der Waals surface area contributed by atoms with Gasteiger partial charge in [-0.2, -0.15) is 0 Å². The molecule has 0 unspecified atom stereocenters. The third-order valence-electron chi connectivity index (χ3n) is 3.77. The summed E-state index contributed by atoms with van der Waals surface area (Å²) >= 11 is 0. The van der Waals surface area contributed by atoms with Gasteiger partial charge in [0.25, 0.3) is 0 Å². The lowest BCUT2D eigenvalue weighted by atomic mass is 9.99. The minimum atomic E-state index is -0.351. The van der Waals surface area contributed by atoms with Crippen LogP contribution in [0.2, 0.25) is 0 Å². The van der Waals surface area contributed by atoms with Gasteiger partial charge in [0.1, 0.15) is 11.5 Å². The van der Waals surface area contributed by atoms with Crippen molar-refractivity contribution in [3.05, 3.63) is 23.8 Å². The van der Waals surface area contributed by atoms with Crippen LogP contribution in [0.4, 0.5) is 4.39 Å². The lowest BCUT2D eigenvalue weighted by Gasteiger charge is -2.36. The van der Waals surface area contributed by atoms with Gasteiger partial charge in [0.2, 0.25) is 0 Å². The summed E-state index contributed by atoms with van der Waals surface area (Å²) in [5, 5.41) is 3.32. The fourth-order valence-electron chi connectivity index (χ4n) is 2.81. The molecule has 1 saturated heterocycles.